The Kier molecular flexibility index (Phi) is 5.42. The van der Waals surface area contributed by atoms with Gasteiger partial charge in [0.25, 0.3) is 0 Å². The van der Waals surface area contributed by atoms with Gasteiger partial charge in [0.2, 0.25) is 0 Å². The van der Waals surface area contributed by atoms with Gasteiger partial charge in [-0.25, -0.2) is 0 Å². The topological polar surface area (TPSA) is 43.4 Å². The molecule has 0 aromatic heterocycles. The largest absolute Gasteiger partial charge is 0.469 e. The first-order chi connectivity index (χ1) is 13.3. The van der Waals surface area contributed by atoms with Crippen molar-refractivity contribution in [1.29, 1.82) is 0 Å². The van der Waals surface area contributed by atoms with E-state index in [1.165, 1.54) is 58.5 Å². The van der Waals surface area contributed by atoms with Crippen molar-refractivity contribution < 1.29 is 14.3 Å². The van der Waals surface area contributed by atoms with Gasteiger partial charge in [0.15, 0.2) is 0 Å². The molecule has 0 aromatic carbocycles. The highest BCUT2D eigenvalue weighted by Gasteiger charge is 2.63. The lowest BCUT2D eigenvalue weighted by Crippen LogP contribution is -2.56. The molecule has 28 heavy (non-hydrogen) atoms. The Hall–Kier alpha value is -0.860. The van der Waals surface area contributed by atoms with Crippen molar-refractivity contribution in [3.05, 3.63) is 0 Å². The normalized spacial score (nSPS) is 46.3. The van der Waals surface area contributed by atoms with Gasteiger partial charge in [0.1, 0.15) is 5.78 Å². The van der Waals surface area contributed by atoms with Crippen LogP contribution in [0.4, 0.5) is 0 Å². The summed E-state index contributed by atoms with van der Waals surface area (Å²) in [6.07, 6.45) is 12.8. The number of carbonyl (C=O) groups is 2. The smallest absolute Gasteiger partial charge is 0.305 e. The number of hydrogen-bond acceptors (Lipinski definition) is 3. The second-order valence-electron chi connectivity index (χ2n) is 11.1. The summed E-state index contributed by atoms with van der Waals surface area (Å²) in [5, 5.41) is 0. The molecule has 3 heteroatoms. The summed E-state index contributed by atoms with van der Waals surface area (Å²) in [4.78, 5) is 25.3. The number of hydrogen-bond donors (Lipinski definition) is 0. The van der Waals surface area contributed by atoms with Crippen LogP contribution in [-0.4, -0.2) is 18.9 Å². The summed E-state index contributed by atoms with van der Waals surface area (Å²) < 4.78 is 4.84. The predicted molar refractivity (Wildman–Crippen MR) is 111 cm³/mol. The fourth-order valence-corrected chi connectivity index (χ4v) is 8.59. The van der Waals surface area contributed by atoms with E-state index in [2.05, 4.69) is 20.8 Å². The zero-order chi connectivity index (χ0) is 20.1. The van der Waals surface area contributed by atoms with Gasteiger partial charge in [-0.2, -0.15) is 0 Å². The molecule has 4 aliphatic rings. The van der Waals surface area contributed by atoms with Gasteiger partial charge < -0.3 is 4.74 Å². The molecule has 0 amide bonds. The maximum Gasteiger partial charge on any atom is 0.305 e. The van der Waals surface area contributed by atoms with E-state index in [0.29, 0.717) is 41.3 Å². The van der Waals surface area contributed by atoms with Gasteiger partial charge in [-0.15, -0.1) is 0 Å². The minimum absolute atomic E-state index is 0.120. The van der Waals surface area contributed by atoms with Crippen LogP contribution in [0.2, 0.25) is 0 Å². The highest BCUT2D eigenvalue weighted by atomic mass is 16.5. The predicted octanol–water partition coefficient (Wildman–Crippen LogP) is 5.80. The van der Waals surface area contributed by atoms with E-state index in [1.807, 2.05) is 0 Å². The van der Waals surface area contributed by atoms with Crippen molar-refractivity contribution >= 4 is 11.8 Å². The van der Waals surface area contributed by atoms with Crippen LogP contribution < -0.4 is 0 Å². The molecule has 4 fully saturated rings. The molecule has 0 spiro atoms. The Morgan fingerprint density at radius 2 is 1.89 bits per heavy atom. The third-order valence-electron chi connectivity index (χ3n) is 10.2. The highest BCUT2D eigenvalue weighted by Crippen LogP contribution is 2.67. The number of ketones is 1. The molecule has 0 aliphatic heterocycles. The van der Waals surface area contributed by atoms with Crippen LogP contribution in [0.5, 0.6) is 0 Å². The number of fused-ring (bicyclic) bond motifs is 5. The number of Topliss-reactive ketones (excluding diaryl/α,β-unsaturated/α-hetero) is 1. The molecule has 8 atom stereocenters. The third-order valence-corrected chi connectivity index (χ3v) is 10.2. The van der Waals surface area contributed by atoms with Gasteiger partial charge in [-0.1, -0.05) is 33.6 Å². The van der Waals surface area contributed by atoms with E-state index in [9.17, 15) is 9.59 Å². The fraction of sp³-hybridized carbons (Fsp3) is 0.920. The quantitative estimate of drug-likeness (QED) is 0.571. The SMILES string of the molecule is COC(=O)CC[C@@H](C)[C@@H]1CC[C@@H]2[C@H]3CC[C@H]4CCCC[C@]4(C)[C@@H]3CC(=O)[C@]21C. The number of carbonyl (C=O) groups excluding carboxylic acids is 2. The number of methoxy groups -OCH3 is 1. The summed E-state index contributed by atoms with van der Waals surface area (Å²) in [6, 6.07) is 0. The lowest BCUT2D eigenvalue weighted by Gasteiger charge is -2.60. The Morgan fingerprint density at radius 1 is 1.11 bits per heavy atom. The third kappa shape index (κ3) is 2.98. The fourth-order valence-electron chi connectivity index (χ4n) is 8.59. The van der Waals surface area contributed by atoms with E-state index >= 15 is 0 Å². The second kappa shape index (κ2) is 7.43. The van der Waals surface area contributed by atoms with Crippen LogP contribution in [0.3, 0.4) is 0 Å². The monoisotopic (exact) mass is 388 g/mol. The maximum absolute atomic E-state index is 13.7. The number of esters is 1. The lowest BCUT2D eigenvalue weighted by atomic mass is 9.44. The highest BCUT2D eigenvalue weighted by molar-refractivity contribution is 5.87. The van der Waals surface area contributed by atoms with Crippen molar-refractivity contribution in [2.75, 3.05) is 7.11 Å². The van der Waals surface area contributed by atoms with Crippen molar-refractivity contribution in [1.82, 2.24) is 0 Å². The molecule has 0 radical (unpaired) electrons. The molecule has 0 unspecified atom stereocenters. The molecule has 0 N–H and O–H groups in total. The molecule has 4 aliphatic carbocycles. The first kappa shape index (κ1) is 20.4. The lowest BCUT2D eigenvalue weighted by molar-refractivity contribution is -0.157. The first-order valence-corrected chi connectivity index (χ1v) is 11.9. The molecule has 3 nitrogen and oxygen atoms in total. The van der Waals surface area contributed by atoms with E-state index in [4.69, 9.17) is 4.74 Å². The summed E-state index contributed by atoms with van der Waals surface area (Å²) in [6.45, 7) is 7.10. The maximum atomic E-state index is 13.7. The second-order valence-corrected chi connectivity index (χ2v) is 11.1. The molecular weight excluding hydrogens is 348 g/mol. The van der Waals surface area contributed by atoms with Gasteiger partial charge in [0.05, 0.1) is 7.11 Å². The summed E-state index contributed by atoms with van der Waals surface area (Å²) in [5.41, 5.74) is 0.251. The van der Waals surface area contributed by atoms with Crippen LogP contribution in [0.1, 0.15) is 91.4 Å². The summed E-state index contributed by atoms with van der Waals surface area (Å²) in [7, 11) is 1.47. The molecule has 158 valence electrons. The number of rotatable bonds is 4. The van der Waals surface area contributed by atoms with Gasteiger partial charge in [-0.05, 0) is 85.9 Å². The van der Waals surface area contributed by atoms with Crippen LogP contribution in [-0.2, 0) is 14.3 Å². The van der Waals surface area contributed by atoms with E-state index in [1.54, 1.807) is 0 Å². The van der Waals surface area contributed by atoms with E-state index < -0.39 is 0 Å². The molecule has 4 rings (SSSR count). The van der Waals surface area contributed by atoms with Crippen LogP contribution in [0.25, 0.3) is 0 Å². The van der Waals surface area contributed by atoms with Crippen molar-refractivity contribution in [3.63, 3.8) is 0 Å². The minimum Gasteiger partial charge on any atom is -0.469 e. The zero-order valence-corrected chi connectivity index (χ0v) is 18.5. The van der Waals surface area contributed by atoms with Gasteiger partial charge in [-0.3, -0.25) is 9.59 Å². The summed E-state index contributed by atoms with van der Waals surface area (Å²) in [5.74, 6) is 4.09. The van der Waals surface area contributed by atoms with Crippen LogP contribution in [0, 0.1) is 46.3 Å². The van der Waals surface area contributed by atoms with Gasteiger partial charge >= 0.3 is 5.97 Å². The summed E-state index contributed by atoms with van der Waals surface area (Å²) >= 11 is 0. The Balaban J connectivity index is 1.55. The van der Waals surface area contributed by atoms with Crippen LogP contribution >= 0.6 is 0 Å². The standard InChI is InChI=1S/C25H40O3/c1-16(8-13-23(27)28-4)19-11-12-20-18-10-9-17-7-5-6-14-24(17,2)21(18)15-22(26)25(19,20)3/h16-21H,5-15H2,1-4H3/t16-,17-,18-,19+,20-,21-,24+,25+/m1/s1. The van der Waals surface area contributed by atoms with Crippen molar-refractivity contribution in [2.24, 2.45) is 46.3 Å². The Labute approximate surface area is 171 Å². The molecule has 0 saturated heterocycles. The Morgan fingerprint density at radius 3 is 2.64 bits per heavy atom. The Bertz CT molecular complexity index is 627. The molecule has 0 bridgehead atoms. The average Bonchev–Trinajstić information content (AvgIpc) is 3.05. The van der Waals surface area contributed by atoms with E-state index in [-0.39, 0.29) is 11.4 Å². The minimum atomic E-state index is -0.158. The molecular formula is C25H40O3. The molecule has 0 heterocycles. The molecule has 0 aromatic rings. The van der Waals surface area contributed by atoms with Crippen LogP contribution in [0.15, 0.2) is 0 Å². The number of ether oxygens (including phenoxy) is 1. The zero-order valence-electron chi connectivity index (χ0n) is 18.5. The van der Waals surface area contributed by atoms with Crippen molar-refractivity contribution in [3.8, 4) is 0 Å². The van der Waals surface area contributed by atoms with E-state index in [0.717, 1.165) is 24.7 Å². The average molecular weight is 389 g/mol. The first-order valence-electron chi connectivity index (χ1n) is 11.9. The molecule has 4 saturated carbocycles. The van der Waals surface area contributed by atoms with Gasteiger partial charge in [0, 0.05) is 18.3 Å². The van der Waals surface area contributed by atoms with Crippen molar-refractivity contribution in [2.45, 2.75) is 91.4 Å².